The Morgan fingerprint density at radius 2 is 2.36 bits per heavy atom. The van der Waals surface area contributed by atoms with Gasteiger partial charge in [0.15, 0.2) is 0 Å². The number of nitrogens with one attached hydrogen (secondary N) is 1. The van der Waals surface area contributed by atoms with Crippen LogP contribution >= 0.6 is 11.8 Å². The zero-order valence-electron chi connectivity index (χ0n) is 7.84. The first-order chi connectivity index (χ1) is 6.76. The summed E-state index contributed by atoms with van der Waals surface area (Å²) in [6, 6.07) is 1.79. The fourth-order valence-corrected chi connectivity index (χ4v) is 1.22. The number of rotatable bonds is 5. The van der Waals surface area contributed by atoms with E-state index in [9.17, 15) is 0 Å². The molecule has 1 aromatic heterocycles. The molecule has 14 heavy (non-hydrogen) atoms. The summed E-state index contributed by atoms with van der Waals surface area (Å²) in [4.78, 5) is 7.97. The Kier molecular flexibility index (Phi) is 4.64. The van der Waals surface area contributed by atoms with Gasteiger partial charge in [-0.2, -0.15) is 0 Å². The third-order valence-corrected chi connectivity index (χ3v) is 2.22. The van der Waals surface area contributed by atoms with Crippen molar-refractivity contribution in [2.75, 3.05) is 24.7 Å². The van der Waals surface area contributed by atoms with Gasteiger partial charge in [0, 0.05) is 12.6 Å². The third-order valence-electron chi connectivity index (χ3n) is 1.58. The summed E-state index contributed by atoms with van der Waals surface area (Å²) in [5.41, 5.74) is 0. The monoisotopic (exact) mass is 215 g/mol. The second-order valence-corrected chi connectivity index (χ2v) is 3.49. The molecule has 1 heterocycles. The van der Waals surface area contributed by atoms with Crippen molar-refractivity contribution in [2.24, 2.45) is 0 Å². The molecule has 0 aliphatic rings. The fourth-order valence-electron chi connectivity index (χ4n) is 0.835. The SMILES string of the molecule is CSc1cc(NCC(O)CO)ncn1. The van der Waals surface area contributed by atoms with Gasteiger partial charge >= 0.3 is 0 Å². The van der Waals surface area contributed by atoms with Gasteiger partial charge in [0.05, 0.1) is 12.7 Å². The van der Waals surface area contributed by atoms with Gasteiger partial charge in [0.1, 0.15) is 17.2 Å². The van der Waals surface area contributed by atoms with Crippen LogP contribution < -0.4 is 5.32 Å². The van der Waals surface area contributed by atoms with Crippen molar-refractivity contribution in [1.82, 2.24) is 9.97 Å². The molecule has 1 rings (SSSR count). The molecule has 78 valence electrons. The summed E-state index contributed by atoms with van der Waals surface area (Å²) in [7, 11) is 0. The topological polar surface area (TPSA) is 78.3 Å². The lowest BCUT2D eigenvalue weighted by molar-refractivity contribution is 0.105. The molecule has 3 N–H and O–H groups in total. The van der Waals surface area contributed by atoms with Crippen molar-refractivity contribution in [3.8, 4) is 0 Å². The maximum Gasteiger partial charge on any atom is 0.130 e. The molecule has 1 unspecified atom stereocenters. The minimum absolute atomic E-state index is 0.256. The van der Waals surface area contributed by atoms with E-state index in [1.807, 2.05) is 6.26 Å². The zero-order chi connectivity index (χ0) is 10.4. The molecule has 6 heteroatoms. The van der Waals surface area contributed by atoms with E-state index in [2.05, 4.69) is 15.3 Å². The number of aromatic nitrogens is 2. The summed E-state index contributed by atoms with van der Waals surface area (Å²) in [6.45, 7) is 0.0226. The van der Waals surface area contributed by atoms with E-state index in [0.29, 0.717) is 5.82 Å². The summed E-state index contributed by atoms with van der Waals surface area (Å²) >= 11 is 1.52. The van der Waals surface area contributed by atoms with Crippen LogP contribution in [0.5, 0.6) is 0 Å². The predicted molar refractivity (Wildman–Crippen MR) is 55.4 cm³/mol. The van der Waals surface area contributed by atoms with Crippen LogP contribution in [0.15, 0.2) is 17.4 Å². The quantitative estimate of drug-likeness (QED) is 0.472. The van der Waals surface area contributed by atoms with Crippen LogP contribution in [0.1, 0.15) is 0 Å². The molecule has 0 aliphatic carbocycles. The lowest BCUT2D eigenvalue weighted by atomic mass is 10.4. The van der Waals surface area contributed by atoms with Gasteiger partial charge < -0.3 is 15.5 Å². The molecule has 0 fully saturated rings. The van der Waals surface area contributed by atoms with Crippen molar-refractivity contribution in [2.45, 2.75) is 11.1 Å². The van der Waals surface area contributed by atoms with Gasteiger partial charge in [-0.1, -0.05) is 0 Å². The molecule has 0 amide bonds. The van der Waals surface area contributed by atoms with E-state index in [-0.39, 0.29) is 13.2 Å². The predicted octanol–water partition coefficient (Wildman–Crippen LogP) is -0.0364. The molecule has 0 spiro atoms. The molecule has 5 nitrogen and oxygen atoms in total. The van der Waals surface area contributed by atoms with Crippen LogP contribution in [0.2, 0.25) is 0 Å². The van der Waals surface area contributed by atoms with Crippen LogP contribution in [0.4, 0.5) is 5.82 Å². The van der Waals surface area contributed by atoms with Crippen LogP contribution in [0, 0.1) is 0 Å². The Labute approximate surface area is 86.6 Å². The van der Waals surface area contributed by atoms with Crippen molar-refractivity contribution in [3.05, 3.63) is 12.4 Å². The van der Waals surface area contributed by atoms with Gasteiger partial charge in [0.25, 0.3) is 0 Å². The molecule has 0 saturated carbocycles. The van der Waals surface area contributed by atoms with E-state index in [1.165, 1.54) is 18.1 Å². The van der Waals surface area contributed by atoms with Gasteiger partial charge in [-0.05, 0) is 6.26 Å². The molecule has 0 aliphatic heterocycles. The highest BCUT2D eigenvalue weighted by Crippen LogP contribution is 2.13. The highest BCUT2D eigenvalue weighted by Gasteiger charge is 2.02. The normalized spacial score (nSPS) is 12.5. The van der Waals surface area contributed by atoms with E-state index in [0.717, 1.165) is 5.03 Å². The Bertz CT molecular complexity index is 285. The van der Waals surface area contributed by atoms with E-state index in [1.54, 1.807) is 6.07 Å². The smallest absolute Gasteiger partial charge is 0.130 e. The minimum atomic E-state index is -0.761. The summed E-state index contributed by atoms with van der Waals surface area (Å²) in [5.74, 6) is 0.650. The van der Waals surface area contributed by atoms with Gasteiger partial charge in [-0.3, -0.25) is 0 Å². The number of hydrogen-bond donors (Lipinski definition) is 3. The molecular weight excluding hydrogens is 202 g/mol. The zero-order valence-corrected chi connectivity index (χ0v) is 8.66. The number of anilines is 1. The van der Waals surface area contributed by atoms with Crippen LogP contribution in [-0.2, 0) is 0 Å². The van der Waals surface area contributed by atoms with Crippen molar-refractivity contribution >= 4 is 17.6 Å². The standard InChI is InChI=1S/C8H13N3O2S/c1-14-8-2-7(10-5-11-8)9-3-6(13)4-12/h2,5-6,12-13H,3-4H2,1H3,(H,9,10,11). The Morgan fingerprint density at radius 1 is 1.57 bits per heavy atom. The second kappa shape index (κ2) is 5.79. The average Bonchev–Trinajstić information content (AvgIpc) is 2.26. The number of hydrogen-bond acceptors (Lipinski definition) is 6. The third kappa shape index (κ3) is 3.49. The van der Waals surface area contributed by atoms with Crippen LogP contribution in [0.25, 0.3) is 0 Å². The van der Waals surface area contributed by atoms with Crippen LogP contribution in [0.3, 0.4) is 0 Å². The number of aliphatic hydroxyl groups is 2. The Hall–Kier alpha value is -0.850. The molecule has 0 bridgehead atoms. The minimum Gasteiger partial charge on any atom is -0.394 e. The molecule has 1 aromatic rings. The van der Waals surface area contributed by atoms with Gasteiger partial charge in [-0.25, -0.2) is 9.97 Å². The number of nitrogens with zero attached hydrogens (tertiary/aromatic N) is 2. The molecule has 0 radical (unpaired) electrons. The average molecular weight is 215 g/mol. The lowest BCUT2D eigenvalue weighted by Crippen LogP contribution is -2.23. The van der Waals surface area contributed by atoms with Gasteiger partial charge in [-0.15, -0.1) is 11.8 Å². The van der Waals surface area contributed by atoms with E-state index >= 15 is 0 Å². The van der Waals surface area contributed by atoms with Crippen molar-refractivity contribution < 1.29 is 10.2 Å². The molecule has 0 saturated heterocycles. The fraction of sp³-hybridized carbons (Fsp3) is 0.500. The van der Waals surface area contributed by atoms with E-state index in [4.69, 9.17) is 10.2 Å². The van der Waals surface area contributed by atoms with Crippen molar-refractivity contribution in [1.29, 1.82) is 0 Å². The lowest BCUT2D eigenvalue weighted by Gasteiger charge is -2.09. The van der Waals surface area contributed by atoms with Crippen LogP contribution in [-0.4, -0.2) is 45.7 Å². The highest BCUT2D eigenvalue weighted by molar-refractivity contribution is 7.98. The second-order valence-electron chi connectivity index (χ2n) is 2.66. The highest BCUT2D eigenvalue weighted by atomic mass is 32.2. The summed E-state index contributed by atoms with van der Waals surface area (Å²) in [6.07, 6.45) is 2.62. The first-order valence-corrected chi connectivity index (χ1v) is 5.37. The Morgan fingerprint density at radius 3 is 3.00 bits per heavy atom. The summed E-state index contributed by atoms with van der Waals surface area (Å²) in [5, 5.41) is 21.4. The largest absolute Gasteiger partial charge is 0.394 e. The van der Waals surface area contributed by atoms with E-state index < -0.39 is 6.10 Å². The van der Waals surface area contributed by atoms with Crippen molar-refractivity contribution in [3.63, 3.8) is 0 Å². The van der Waals surface area contributed by atoms with Gasteiger partial charge in [0.2, 0.25) is 0 Å². The molecule has 1 atom stereocenters. The number of thioether (sulfide) groups is 1. The number of aliphatic hydroxyl groups excluding tert-OH is 2. The molecule has 0 aromatic carbocycles. The summed E-state index contributed by atoms with van der Waals surface area (Å²) < 4.78 is 0. The Balaban J connectivity index is 2.50. The first-order valence-electron chi connectivity index (χ1n) is 4.15. The maximum atomic E-state index is 9.08. The first kappa shape index (κ1) is 11.2. The maximum absolute atomic E-state index is 9.08. The molecular formula is C8H13N3O2S.